The van der Waals surface area contributed by atoms with Crippen molar-refractivity contribution < 1.29 is 33.4 Å². The first-order valence-corrected chi connectivity index (χ1v) is 10.7. The molecule has 2 N–H and O–H groups in total. The van der Waals surface area contributed by atoms with Gasteiger partial charge in [0.05, 0.1) is 42.7 Å². The maximum Gasteiger partial charge on any atom is 0.306 e. The Morgan fingerprint density at radius 3 is 1.82 bits per heavy atom. The number of pyridine rings is 1. The number of hydrogen-bond acceptors (Lipinski definition) is 9. The second-order valence-corrected chi connectivity index (χ2v) is 8.47. The van der Waals surface area contributed by atoms with E-state index in [9.17, 15) is 24.4 Å². The second-order valence-electron chi connectivity index (χ2n) is 8.47. The predicted octanol–water partition coefficient (Wildman–Crippen LogP) is 1.05. The summed E-state index contributed by atoms with van der Waals surface area (Å²) in [5.41, 5.74) is 1.50. The first kappa shape index (κ1) is 20.9. The van der Waals surface area contributed by atoms with Gasteiger partial charge in [-0.25, -0.2) is 0 Å². The molecule has 33 heavy (non-hydrogen) atoms. The third-order valence-corrected chi connectivity index (χ3v) is 6.12. The first-order valence-electron chi connectivity index (χ1n) is 10.7. The van der Waals surface area contributed by atoms with Crippen LogP contribution >= 0.6 is 0 Å². The standard InChI is InChI=1S/C23H21N3O7/c27-18-5-12(10-32-18)7-24-16-1-2-17(25-8-13-6-19(28)33-11-13)21-20(16)22(29)14-3-4-26(31)9-15(14)23(21)30/h1-4,9,12-13,24-25H,5-8,10-11H2. The van der Waals surface area contributed by atoms with Gasteiger partial charge in [0, 0.05) is 47.9 Å². The fraction of sp³-hybridized carbons (Fsp3) is 0.348. The lowest BCUT2D eigenvalue weighted by Gasteiger charge is -2.24. The molecule has 0 bridgehead atoms. The molecule has 2 saturated heterocycles. The number of nitrogens with zero attached hydrogens (tertiary/aromatic N) is 1. The van der Waals surface area contributed by atoms with Gasteiger partial charge in [-0.2, -0.15) is 4.73 Å². The fourth-order valence-electron chi connectivity index (χ4n) is 4.39. The number of fused-ring (bicyclic) bond motifs is 2. The Labute approximate surface area is 188 Å². The number of anilines is 2. The van der Waals surface area contributed by atoms with Crippen molar-refractivity contribution in [3.8, 4) is 0 Å². The van der Waals surface area contributed by atoms with Crippen LogP contribution in [0.15, 0.2) is 30.6 Å². The second kappa shape index (κ2) is 8.19. The summed E-state index contributed by atoms with van der Waals surface area (Å²) in [6.45, 7) is 1.38. The van der Waals surface area contributed by atoms with Gasteiger partial charge in [0.1, 0.15) is 0 Å². The lowest BCUT2D eigenvalue weighted by molar-refractivity contribution is -0.605. The molecule has 0 radical (unpaired) electrons. The summed E-state index contributed by atoms with van der Waals surface area (Å²) in [7, 11) is 0. The zero-order valence-electron chi connectivity index (χ0n) is 17.6. The van der Waals surface area contributed by atoms with Crippen LogP contribution < -0.4 is 15.4 Å². The van der Waals surface area contributed by atoms with E-state index in [-0.39, 0.29) is 64.7 Å². The predicted molar refractivity (Wildman–Crippen MR) is 114 cm³/mol. The van der Waals surface area contributed by atoms with Crippen molar-refractivity contribution in [1.29, 1.82) is 0 Å². The van der Waals surface area contributed by atoms with E-state index < -0.39 is 5.78 Å². The molecular weight excluding hydrogens is 430 g/mol. The Hall–Kier alpha value is -3.95. The third-order valence-electron chi connectivity index (χ3n) is 6.12. The smallest absolute Gasteiger partial charge is 0.306 e. The molecule has 0 amide bonds. The molecular formula is C23H21N3O7. The van der Waals surface area contributed by atoms with Gasteiger partial charge in [-0.1, -0.05) is 0 Å². The number of carbonyl (C=O) groups is 4. The average Bonchev–Trinajstić information content (AvgIpc) is 3.41. The number of carbonyl (C=O) groups excluding carboxylic acids is 4. The Morgan fingerprint density at radius 2 is 1.33 bits per heavy atom. The molecule has 2 aliphatic heterocycles. The number of aromatic nitrogens is 1. The van der Waals surface area contributed by atoms with Gasteiger partial charge in [-0.15, -0.1) is 0 Å². The number of cyclic esters (lactones) is 2. The normalized spacial score (nSPS) is 21.3. The summed E-state index contributed by atoms with van der Waals surface area (Å²) in [5.74, 6) is -1.41. The van der Waals surface area contributed by atoms with Gasteiger partial charge in [0.2, 0.25) is 5.78 Å². The van der Waals surface area contributed by atoms with Crippen LogP contribution in [0.1, 0.15) is 44.7 Å². The summed E-state index contributed by atoms with van der Waals surface area (Å²) < 4.78 is 10.5. The zero-order valence-corrected chi connectivity index (χ0v) is 17.6. The lowest BCUT2D eigenvalue weighted by atomic mass is 9.83. The fourth-order valence-corrected chi connectivity index (χ4v) is 4.39. The summed E-state index contributed by atoms with van der Waals surface area (Å²) >= 11 is 0. The van der Waals surface area contributed by atoms with Crippen molar-refractivity contribution in [2.45, 2.75) is 12.8 Å². The molecule has 3 aliphatic rings. The maximum atomic E-state index is 13.4. The number of rotatable bonds is 6. The van der Waals surface area contributed by atoms with E-state index in [1.165, 1.54) is 12.3 Å². The topological polar surface area (TPSA) is 138 Å². The highest BCUT2D eigenvalue weighted by atomic mass is 16.5. The molecule has 2 atom stereocenters. The largest absolute Gasteiger partial charge is 0.619 e. The molecule has 1 aromatic heterocycles. The minimum Gasteiger partial charge on any atom is -0.619 e. The summed E-state index contributed by atoms with van der Waals surface area (Å²) in [5, 5.41) is 18.2. The highest BCUT2D eigenvalue weighted by Crippen LogP contribution is 2.36. The molecule has 2 aromatic rings. The Kier molecular flexibility index (Phi) is 5.20. The van der Waals surface area contributed by atoms with Crippen molar-refractivity contribution in [3.63, 3.8) is 0 Å². The number of nitrogens with one attached hydrogen (secondary N) is 2. The van der Waals surface area contributed by atoms with Gasteiger partial charge in [0.15, 0.2) is 18.2 Å². The Bertz CT molecular complexity index is 1190. The van der Waals surface area contributed by atoms with Crippen LogP contribution in [0.2, 0.25) is 0 Å². The molecule has 170 valence electrons. The SMILES string of the molecule is O=C1CC(CNc2ccc(NCC3COC(=O)C3)c3c2C(=O)c2cc[n+]([O-])cc2C3=O)CO1. The van der Waals surface area contributed by atoms with Crippen molar-refractivity contribution in [2.75, 3.05) is 36.9 Å². The van der Waals surface area contributed by atoms with Crippen LogP contribution in [0.3, 0.4) is 0 Å². The van der Waals surface area contributed by atoms with E-state index >= 15 is 0 Å². The van der Waals surface area contributed by atoms with Crippen LogP contribution in [0.5, 0.6) is 0 Å². The summed E-state index contributed by atoms with van der Waals surface area (Å²) in [6.07, 6.45) is 2.86. The number of hydrogen-bond donors (Lipinski definition) is 2. The molecule has 3 heterocycles. The van der Waals surface area contributed by atoms with Crippen LogP contribution in [-0.2, 0) is 19.1 Å². The quantitative estimate of drug-likeness (QED) is 0.320. The summed E-state index contributed by atoms with van der Waals surface area (Å²) in [6, 6.07) is 4.75. The molecule has 2 unspecified atom stereocenters. The van der Waals surface area contributed by atoms with E-state index in [1.54, 1.807) is 12.1 Å². The zero-order chi connectivity index (χ0) is 23.1. The number of ketones is 2. The van der Waals surface area contributed by atoms with Crippen molar-refractivity contribution in [1.82, 2.24) is 0 Å². The molecule has 1 aromatic carbocycles. The van der Waals surface area contributed by atoms with Crippen molar-refractivity contribution in [2.24, 2.45) is 11.8 Å². The van der Waals surface area contributed by atoms with E-state index in [0.717, 1.165) is 6.20 Å². The number of benzene rings is 1. The van der Waals surface area contributed by atoms with Crippen LogP contribution in [-0.4, -0.2) is 49.8 Å². The molecule has 0 saturated carbocycles. The molecule has 2 fully saturated rings. The lowest BCUT2D eigenvalue weighted by Crippen LogP contribution is -2.32. The Morgan fingerprint density at radius 1 is 0.818 bits per heavy atom. The highest BCUT2D eigenvalue weighted by Gasteiger charge is 2.36. The van der Waals surface area contributed by atoms with Crippen LogP contribution in [0.4, 0.5) is 11.4 Å². The minimum atomic E-state index is -0.436. The van der Waals surface area contributed by atoms with E-state index in [0.29, 0.717) is 42.4 Å². The molecule has 0 spiro atoms. The van der Waals surface area contributed by atoms with Gasteiger partial charge < -0.3 is 25.3 Å². The van der Waals surface area contributed by atoms with E-state index in [4.69, 9.17) is 9.47 Å². The van der Waals surface area contributed by atoms with Crippen LogP contribution in [0, 0.1) is 17.0 Å². The number of esters is 2. The summed E-state index contributed by atoms with van der Waals surface area (Å²) in [4.78, 5) is 49.6. The molecule has 5 rings (SSSR count). The van der Waals surface area contributed by atoms with Crippen LogP contribution in [0.25, 0.3) is 0 Å². The number of ether oxygens (including phenoxy) is 2. The van der Waals surface area contributed by atoms with Gasteiger partial charge in [0.25, 0.3) is 0 Å². The minimum absolute atomic E-state index is 0.0352. The maximum absolute atomic E-state index is 13.4. The van der Waals surface area contributed by atoms with E-state index in [2.05, 4.69) is 10.6 Å². The van der Waals surface area contributed by atoms with Crippen molar-refractivity contribution in [3.05, 3.63) is 58.1 Å². The molecule has 1 aliphatic carbocycles. The van der Waals surface area contributed by atoms with Gasteiger partial charge in [-0.3, -0.25) is 19.2 Å². The first-order chi connectivity index (χ1) is 15.9. The van der Waals surface area contributed by atoms with Crippen molar-refractivity contribution >= 4 is 34.9 Å². The Balaban J connectivity index is 1.49. The van der Waals surface area contributed by atoms with E-state index in [1.807, 2.05) is 0 Å². The highest BCUT2D eigenvalue weighted by molar-refractivity contribution is 6.31. The molecule has 10 heteroatoms. The average molecular weight is 451 g/mol. The third kappa shape index (κ3) is 3.88. The van der Waals surface area contributed by atoms with Gasteiger partial charge >= 0.3 is 11.9 Å². The monoisotopic (exact) mass is 451 g/mol. The van der Waals surface area contributed by atoms with Gasteiger partial charge in [-0.05, 0) is 12.1 Å². The molecule has 10 nitrogen and oxygen atoms in total.